The number of esters is 1. The van der Waals surface area contributed by atoms with Crippen molar-refractivity contribution in [2.24, 2.45) is 5.92 Å². The average Bonchev–Trinajstić information content (AvgIpc) is 3.15. The standard InChI is InChI=1S/C26H29NO5/c1-3-31-26(30)24-23-20(16-27-11-9-18(10-12-27)13-17(2)28)14-21(29)15-22(23)32-25(24)19-7-5-4-6-8-19/h4-8,14-15,18,29H,3,9-13,16H2,1-2H3. The quantitative estimate of drug-likeness (QED) is 0.516. The fraction of sp³-hybridized carbons (Fsp3) is 0.385. The molecule has 2 heterocycles. The van der Waals surface area contributed by atoms with Gasteiger partial charge in [0.1, 0.15) is 28.4 Å². The van der Waals surface area contributed by atoms with Gasteiger partial charge in [0.05, 0.1) is 6.61 Å². The molecule has 0 aliphatic carbocycles. The SMILES string of the molecule is CCOC(=O)c1c(-c2ccccc2)oc2cc(O)cc(CN3CCC(CC(C)=O)CC3)c12. The zero-order chi connectivity index (χ0) is 22.7. The smallest absolute Gasteiger partial charge is 0.342 e. The second kappa shape index (κ2) is 9.57. The highest BCUT2D eigenvalue weighted by Gasteiger charge is 2.27. The van der Waals surface area contributed by atoms with E-state index in [-0.39, 0.29) is 18.1 Å². The Kier molecular flexibility index (Phi) is 6.61. The Labute approximate surface area is 187 Å². The van der Waals surface area contributed by atoms with Gasteiger partial charge in [-0.25, -0.2) is 4.79 Å². The van der Waals surface area contributed by atoms with Gasteiger partial charge < -0.3 is 19.1 Å². The summed E-state index contributed by atoms with van der Waals surface area (Å²) < 4.78 is 11.5. The first-order chi connectivity index (χ1) is 15.5. The molecule has 1 saturated heterocycles. The molecular formula is C26H29NO5. The van der Waals surface area contributed by atoms with Gasteiger partial charge >= 0.3 is 5.97 Å². The van der Waals surface area contributed by atoms with Crippen molar-refractivity contribution in [2.75, 3.05) is 19.7 Å². The van der Waals surface area contributed by atoms with Crippen molar-refractivity contribution in [1.29, 1.82) is 0 Å². The number of Topliss-reactive ketones (excluding diaryl/α,β-unsaturated/α-hetero) is 1. The number of phenols is 1. The van der Waals surface area contributed by atoms with E-state index in [0.29, 0.717) is 41.2 Å². The molecular weight excluding hydrogens is 406 g/mol. The summed E-state index contributed by atoms with van der Waals surface area (Å²) in [4.78, 5) is 26.7. The molecule has 3 aromatic rings. The lowest BCUT2D eigenvalue weighted by Gasteiger charge is -2.31. The van der Waals surface area contributed by atoms with E-state index in [1.165, 1.54) is 0 Å². The Hall–Kier alpha value is -3.12. The van der Waals surface area contributed by atoms with Crippen LogP contribution in [0.4, 0.5) is 0 Å². The fourth-order valence-electron chi connectivity index (χ4n) is 4.61. The Morgan fingerprint density at radius 3 is 2.53 bits per heavy atom. The van der Waals surface area contributed by atoms with E-state index in [0.717, 1.165) is 37.1 Å². The lowest BCUT2D eigenvalue weighted by Crippen LogP contribution is -2.33. The zero-order valence-corrected chi connectivity index (χ0v) is 18.6. The van der Waals surface area contributed by atoms with Crippen LogP contribution in [0.5, 0.6) is 5.75 Å². The summed E-state index contributed by atoms with van der Waals surface area (Å²) in [5.41, 5.74) is 2.48. The molecule has 2 aromatic carbocycles. The van der Waals surface area contributed by atoms with Crippen molar-refractivity contribution >= 4 is 22.7 Å². The number of carbonyl (C=O) groups excluding carboxylic acids is 2. The third kappa shape index (κ3) is 4.70. The highest BCUT2D eigenvalue weighted by Crippen LogP contribution is 2.39. The van der Waals surface area contributed by atoms with Gasteiger partial charge in [0.2, 0.25) is 0 Å². The number of furan rings is 1. The van der Waals surface area contributed by atoms with Crippen molar-refractivity contribution in [1.82, 2.24) is 4.90 Å². The molecule has 0 radical (unpaired) electrons. The van der Waals surface area contributed by atoms with Crippen molar-refractivity contribution in [3.05, 3.63) is 53.6 Å². The van der Waals surface area contributed by atoms with Gasteiger partial charge in [-0.15, -0.1) is 0 Å². The lowest BCUT2D eigenvalue weighted by atomic mass is 9.91. The van der Waals surface area contributed by atoms with Crippen LogP contribution in [0.1, 0.15) is 49.0 Å². The molecule has 0 amide bonds. The summed E-state index contributed by atoms with van der Waals surface area (Å²) in [6.45, 7) is 6.01. The molecule has 0 atom stereocenters. The zero-order valence-electron chi connectivity index (χ0n) is 18.6. The van der Waals surface area contributed by atoms with Crippen molar-refractivity contribution in [3.63, 3.8) is 0 Å². The Morgan fingerprint density at radius 2 is 1.88 bits per heavy atom. The van der Waals surface area contributed by atoms with Crippen LogP contribution in [-0.2, 0) is 16.1 Å². The first-order valence-corrected chi connectivity index (χ1v) is 11.2. The number of phenolic OH excluding ortho intramolecular Hbond substituents is 1. The highest BCUT2D eigenvalue weighted by molar-refractivity contribution is 6.10. The second-order valence-electron chi connectivity index (χ2n) is 8.50. The molecule has 0 spiro atoms. The van der Waals surface area contributed by atoms with E-state index < -0.39 is 5.97 Å². The number of benzene rings is 2. The van der Waals surface area contributed by atoms with Gasteiger partial charge in [-0.1, -0.05) is 30.3 Å². The molecule has 1 fully saturated rings. The summed E-state index contributed by atoms with van der Waals surface area (Å²) >= 11 is 0. The van der Waals surface area contributed by atoms with Gasteiger partial charge in [0.25, 0.3) is 0 Å². The Balaban J connectivity index is 1.72. The molecule has 6 heteroatoms. The molecule has 0 unspecified atom stereocenters. The number of ether oxygens (including phenoxy) is 1. The molecule has 32 heavy (non-hydrogen) atoms. The lowest BCUT2D eigenvalue weighted by molar-refractivity contribution is -0.118. The van der Waals surface area contributed by atoms with E-state index in [1.54, 1.807) is 26.0 Å². The molecule has 0 bridgehead atoms. The second-order valence-corrected chi connectivity index (χ2v) is 8.50. The van der Waals surface area contributed by atoms with Gasteiger partial charge in [0.15, 0.2) is 0 Å². The maximum atomic E-state index is 13.0. The van der Waals surface area contributed by atoms with Gasteiger partial charge in [-0.05, 0) is 57.3 Å². The molecule has 1 aliphatic rings. The number of hydrogen-bond donors (Lipinski definition) is 1. The number of nitrogens with zero attached hydrogens (tertiary/aromatic N) is 1. The van der Waals surface area contributed by atoms with E-state index in [9.17, 15) is 14.7 Å². The minimum atomic E-state index is -0.433. The van der Waals surface area contributed by atoms with Gasteiger partial charge in [0, 0.05) is 30.0 Å². The van der Waals surface area contributed by atoms with Gasteiger partial charge in [-0.3, -0.25) is 4.90 Å². The summed E-state index contributed by atoms with van der Waals surface area (Å²) in [7, 11) is 0. The van der Waals surface area contributed by atoms with E-state index >= 15 is 0 Å². The van der Waals surface area contributed by atoms with Crippen LogP contribution in [-0.4, -0.2) is 41.5 Å². The first kappa shape index (κ1) is 22.1. The van der Waals surface area contributed by atoms with Crippen molar-refractivity contribution in [2.45, 2.75) is 39.7 Å². The molecule has 168 valence electrons. The third-order valence-corrected chi connectivity index (χ3v) is 6.05. The van der Waals surface area contributed by atoms with E-state index in [4.69, 9.17) is 9.15 Å². The molecule has 6 nitrogen and oxygen atoms in total. The number of hydrogen-bond acceptors (Lipinski definition) is 6. The maximum Gasteiger partial charge on any atom is 0.342 e. The average molecular weight is 436 g/mol. The number of ketones is 1. The molecule has 1 N–H and O–H groups in total. The van der Waals surface area contributed by atoms with Crippen LogP contribution < -0.4 is 0 Å². The summed E-state index contributed by atoms with van der Waals surface area (Å²) in [6, 6.07) is 12.7. The summed E-state index contributed by atoms with van der Waals surface area (Å²) in [6.07, 6.45) is 2.57. The van der Waals surface area contributed by atoms with Crippen LogP contribution in [0.15, 0.2) is 46.9 Å². The number of rotatable bonds is 7. The number of piperidine rings is 1. The Bertz CT molecular complexity index is 1110. The molecule has 1 aromatic heterocycles. The third-order valence-electron chi connectivity index (χ3n) is 6.05. The topological polar surface area (TPSA) is 80.0 Å². The molecule has 1 aliphatic heterocycles. The van der Waals surface area contributed by atoms with Gasteiger partial charge in [-0.2, -0.15) is 0 Å². The summed E-state index contributed by atoms with van der Waals surface area (Å²) in [5.74, 6) is 0.789. The monoisotopic (exact) mass is 435 g/mol. The predicted molar refractivity (Wildman–Crippen MR) is 123 cm³/mol. The number of likely N-dealkylation sites (tertiary alicyclic amines) is 1. The first-order valence-electron chi connectivity index (χ1n) is 11.2. The fourth-order valence-corrected chi connectivity index (χ4v) is 4.61. The largest absolute Gasteiger partial charge is 0.508 e. The number of aromatic hydroxyl groups is 1. The van der Waals surface area contributed by atoms with Crippen LogP contribution in [0.2, 0.25) is 0 Å². The highest BCUT2D eigenvalue weighted by atomic mass is 16.5. The minimum Gasteiger partial charge on any atom is -0.508 e. The van der Waals surface area contributed by atoms with Crippen molar-refractivity contribution < 1.29 is 23.8 Å². The maximum absolute atomic E-state index is 13.0. The van der Waals surface area contributed by atoms with E-state index in [1.807, 2.05) is 30.3 Å². The molecule has 0 saturated carbocycles. The normalized spacial score (nSPS) is 15.2. The van der Waals surface area contributed by atoms with Crippen molar-refractivity contribution in [3.8, 4) is 17.1 Å². The number of carbonyl (C=O) groups is 2. The summed E-state index contributed by atoms with van der Waals surface area (Å²) in [5, 5.41) is 11.0. The van der Waals surface area contributed by atoms with Crippen LogP contribution in [0, 0.1) is 5.92 Å². The predicted octanol–water partition coefficient (Wildman–Crippen LogP) is 5.17. The number of fused-ring (bicyclic) bond motifs is 1. The van der Waals surface area contributed by atoms with E-state index in [2.05, 4.69) is 4.90 Å². The van der Waals surface area contributed by atoms with Crippen LogP contribution in [0.25, 0.3) is 22.3 Å². The minimum absolute atomic E-state index is 0.0998. The van der Waals surface area contributed by atoms with Crippen LogP contribution >= 0.6 is 0 Å². The molecule has 4 rings (SSSR count). The van der Waals surface area contributed by atoms with Crippen LogP contribution in [0.3, 0.4) is 0 Å². The Morgan fingerprint density at radius 1 is 1.16 bits per heavy atom.